The van der Waals surface area contributed by atoms with Gasteiger partial charge in [-0.05, 0) is 43.4 Å². The number of thioether (sulfide) groups is 1. The maximum atomic E-state index is 12.6. The van der Waals surface area contributed by atoms with E-state index >= 15 is 0 Å². The molecule has 1 N–H and O–H groups in total. The Balaban J connectivity index is 1.21. The number of nitrogens with one attached hydrogen (secondary N) is 1. The van der Waals surface area contributed by atoms with Gasteiger partial charge in [-0.15, -0.1) is 10.2 Å². The van der Waals surface area contributed by atoms with Gasteiger partial charge in [0.2, 0.25) is 5.91 Å². The number of likely N-dealkylation sites (tertiary alicyclic amines) is 1. The van der Waals surface area contributed by atoms with Crippen molar-refractivity contribution in [3.05, 3.63) is 40.3 Å². The first-order valence-corrected chi connectivity index (χ1v) is 12.7. The number of carbonyl (C=O) groups is 2. The van der Waals surface area contributed by atoms with Crippen molar-refractivity contribution in [3.63, 3.8) is 0 Å². The number of methoxy groups -OCH3 is 1. The van der Waals surface area contributed by atoms with Crippen LogP contribution in [0.4, 0.5) is 4.79 Å². The van der Waals surface area contributed by atoms with Gasteiger partial charge in [0.25, 0.3) is 5.56 Å². The molecule has 2 aromatic rings. The Morgan fingerprint density at radius 1 is 1.17 bits per heavy atom. The summed E-state index contributed by atoms with van der Waals surface area (Å²) in [7, 11) is 1.60. The molecule has 0 aliphatic carbocycles. The number of hydrogen-bond acceptors (Lipinski definition) is 9. The molecule has 1 atom stereocenters. The van der Waals surface area contributed by atoms with Crippen LogP contribution in [0, 0.1) is 0 Å². The highest BCUT2D eigenvalue weighted by molar-refractivity contribution is 7.98. The second-order valence-corrected chi connectivity index (χ2v) is 9.16. The van der Waals surface area contributed by atoms with E-state index < -0.39 is 0 Å². The Bertz CT molecular complexity index is 1090. The number of aromatic amines is 1. The molecule has 1 aromatic carbocycles. The number of H-pyrrole nitrogens is 1. The van der Waals surface area contributed by atoms with Gasteiger partial charge in [-0.25, -0.2) is 4.79 Å². The maximum Gasteiger partial charge on any atom is 0.410 e. The van der Waals surface area contributed by atoms with Gasteiger partial charge in [0.15, 0.2) is 11.3 Å². The summed E-state index contributed by atoms with van der Waals surface area (Å²) in [5.41, 5.74) is -0.0531. The minimum atomic E-state index is -0.346. The molecule has 2 aliphatic rings. The van der Waals surface area contributed by atoms with Crippen LogP contribution in [-0.2, 0) is 16.0 Å². The second-order valence-electron chi connectivity index (χ2n) is 8.37. The molecule has 1 aromatic heterocycles. The SMILES string of the molecule is COc1ccc(OCC2CN(C3CCN(C(=O)CCc4nnc(SC)[nH]c4=O)CC3)C(=O)O2)cc1. The highest BCUT2D eigenvalue weighted by Gasteiger charge is 2.38. The van der Waals surface area contributed by atoms with Crippen molar-refractivity contribution >= 4 is 23.8 Å². The fraction of sp³-hybridized carbons (Fsp3) is 0.522. The summed E-state index contributed by atoms with van der Waals surface area (Å²) in [5.74, 6) is 1.39. The third-order valence-electron chi connectivity index (χ3n) is 6.17. The summed E-state index contributed by atoms with van der Waals surface area (Å²) >= 11 is 1.30. The minimum Gasteiger partial charge on any atom is -0.497 e. The normalized spacial score (nSPS) is 18.5. The third-order valence-corrected chi connectivity index (χ3v) is 6.74. The smallest absolute Gasteiger partial charge is 0.410 e. The van der Waals surface area contributed by atoms with Crippen LogP contribution in [0.3, 0.4) is 0 Å². The number of piperidine rings is 1. The van der Waals surface area contributed by atoms with E-state index in [4.69, 9.17) is 14.2 Å². The molecule has 3 heterocycles. The summed E-state index contributed by atoms with van der Waals surface area (Å²) in [6.07, 6.45) is 2.89. The van der Waals surface area contributed by atoms with Crippen LogP contribution in [0.2, 0.25) is 0 Å². The molecule has 1 unspecified atom stereocenters. The Hall–Kier alpha value is -3.28. The van der Waals surface area contributed by atoms with Crippen LogP contribution >= 0.6 is 11.8 Å². The summed E-state index contributed by atoms with van der Waals surface area (Å²) < 4.78 is 16.4. The van der Waals surface area contributed by atoms with E-state index in [1.54, 1.807) is 23.2 Å². The topological polar surface area (TPSA) is 127 Å². The number of benzene rings is 1. The number of aryl methyl sites for hydroxylation is 1. The van der Waals surface area contributed by atoms with Gasteiger partial charge in [0.1, 0.15) is 23.8 Å². The van der Waals surface area contributed by atoms with Crippen molar-refractivity contribution in [2.24, 2.45) is 0 Å². The van der Waals surface area contributed by atoms with Crippen molar-refractivity contribution in [2.45, 2.75) is 43.0 Å². The van der Waals surface area contributed by atoms with Gasteiger partial charge >= 0.3 is 6.09 Å². The summed E-state index contributed by atoms with van der Waals surface area (Å²) in [6.45, 7) is 1.83. The number of aromatic nitrogens is 3. The molecule has 188 valence electrons. The van der Waals surface area contributed by atoms with Gasteiger partial charge in [-0.2, -0.15) is 0 Å². The van der Waals surface area contributed by atoms with Crippen LogP contribution in [0.25, 0.3) is 0 Å². The highest BCUT2D eigenvalue weighted by Crippen LogP contribution is 2.24. The largest absolute Gasteiger partial charge is 0.497 e. The third kappa shape index (κ3) is 6.24. The monoisotopic (exact) mass is 503 g/mol. The first-order valence-electron chi connectivity index (χ1n) is 11.5. The van der Waals surface area contributed by atoms with E-state index in [2.05, 4.69) is 15.2 Å². The molecular weight excluding hydrogens is 474 g/mol. The standard InChI is InChI=1S/C23H29N5O6S/c1-32-16-3-5-17(6-4-16)33-14-18-13-28(23(31)34-18)15-9-11-27(12-10-15)20(29)8-7-19-21(30)24-22(35-2)26-25-19/h3-6,15,18H,7-14H2,1-2H3,(H,24,26,30). The van der Waals surface area contributed by atoms with Crippen LogP contribution in [0.15, 0.2) is 34.2 Å². The maximum absolute atomic E-state index is 12.6. The van der Waals surface area contributed by atoms with Crippen molar-refractivity contribution in [2.75, 3.05) is 39.6 Å². The molecule has 2 amide bonds. The molecule has 35 heavy (non-hydrogen) atoms. The fourth-order valence-electron chi connectivity index (χ4n) is 4.20. The van der Waals surface area contributed by atoms with Gasteiger partial charge in [0.05, 0.1) is 13.7 Å². The molecule has 2 fully saturated rings. The lowest BCUT2D eigenvalue weighted by Crippen LogP contribution is -2.47. The van der Waals surface area contributed by atoms with E-state index in [0.29, 0.717) is 43.4 Å². The zero-order valence-electron chi connectivity index (χ0n) is 19.8. The molecule has 11 nitrogen and oxygen atoms in total. The van der Waals surface area contributed by atoms with Gasteiger partial charge in [-0.3, -0.25) is 14.6 Å². The molecule has 0 spiro atoms. The van der Waals surface area contributed by atoms with Crippen molar-refractivity contribution in [3.8, 4) is 11.5 Å². The quantitative estimate of drug-likeness (QED) is 0.509. The number of nitrogens with zero attached hydrogens (tertiary/aromatic N) is 4. The minimum absolute atomic E-state index is 0.0188. The van der Waals surface area contributed by atoms with E-state index in [1.165, 1.54) is 11.8 Å². The number of cyclic esters (lactones) is 1. The van der Waals surface area contributed by atoms with Gasteiger partial charge in [-0.1, -0.05) is 11.8 Å². The van der Waals surface area contributed by atoms with Gasteiger partial charge < -0.3 is 24.0 Å². The number of rotatable bonds is 9. The fourth-order valence-corrected chi connectivity index (χ4v) is 4.52. The molecule has 12 heteroatoms. The first-order chi connectivity index (χ1) is 17.0. The van der Waals surface area contributed by atoms with Crippen LogP contribution < -0.4 is 15.0 Å². The molecule has 2 saturated heterocycles. The molecule has 0 bridgehead atoms. The Morgan fingerprint density at radius 3 is 2.54 bits per heavy atom. The van der Waals surface area contributed by atoms with E-state index in [1.807, 2.05) is 24.3 Å². The zero-order valence-corrected chi connectivity index (χ0v) is 20.6. The molecule has 4 rings (SSSR count). The molecule has 2 aliphatic heterocycles. The molecule has 0 saturated carbocycles. The lowest BCUT2D eigenvalue weighted by Gasteiger charge is -2.35. The highest BCUT2D eigenvalue weighted by atomic mass is 32.2. The van der Waals surface area contributed by atoms with Gasteiger partial charge in [0, 0.05) is 32.0 Å². The molecule has 0 radical (unpaired) electrons. The van der Waals surface area contributed by atoms with Crippen LogP contribution in [0.1, 0.15) is 25.0 Å². The first kappa shape index (κ1) is 24.8. The van der Waals surface area contributed by atoms with E-state index in [-0.39, 0.29) is 54.8 Å². The van der Waals surface area contributed by atoms with Crippen molar-refractivity contribution in [1.29, 1.82) is 0 Å². The van der Waals surface area contributed by atoms with Crippen molar-refractivity contribution < 1.29 is 23.8 Å². The lowest BCUT2D eigenvalue weighted by atomic mass is 10.0. The average molecular weight is 504 g/mol. The second kappa shape index (κ2) is 11.4. The number of ether oxygens (including phenoxy) is 3. The summed E-state index contributed by atoms with van der Waals surface area (Å²) in [4.78, 5) is 43.3. The summed E-state index contributed by atoms with van der Waals surface area (Å²) in [6, 6.07) is 7.25. The predicted molar refractivity (Wildman–Crippen MR) is 128 cm³/mol. The number of amides is 2. The lowest BCUT2D eigenvalue weighted by molar-refractivity contribution is -0.132. The number of carbonyl (C=O) groups excluding carboxylic acids is 2. The zero-order chi connectivity index (χ0) is 24.8. The Labute approximate surface area is 207 Å². The van der Waals surface area contributed by atoms with Crippen LogP contribution in [0.5, 0.6) is 11.5 Å². The predicted octanol–water partition coefficient (Wildman–Crippen LogP) is 1.72. The van der Waals surface area contributed by atoms with E-state index in [0.717, 1.165) is 5.75 Å². The Kier molecular flexibility index (Phi) is 8.11. The van der Waals surface area contributed by atoms with E-state index in [9.17, 15) is 14.4 Å². The Morgan fingerprint density at radius 2 is 1.89 bits per heavy atom. The summed E-state index contributed by atoms with van der Waals surface area (Å²) in [5, 5.41) is 8.30. The van der Waals surface area contributed by atoms with Crippen molar-refractivity contribution in [1.82, 2.24) is 25.0 Å². The number of hydrogen-bond donors (Lipinski definition) is 1. The average Bonchev–Trinajstić information content (AvgIpc) is 3.27. The van der Waals surface area contributed by atoms with Crippen LogP contribution in [-0.4, -0.2) is 88.7 Å². The molecular formula is C23H29N5O6S.